The second kappa shape index (κ2) is 3.85. The first kappa shape index (κ1) is 10.5. The number of aromatic hydroxyl groups is 2. The van der Waals surface area contributed by atoms with Gasteiger partial charge in [-0.3, -0.25) is 0 Å². The lowest BCUT2D eigenvalue weighted by atomic mass is 10.0. The van der Waals surface area contributed by atoms with E-state index in [9.17, 15) is 14.6 Å². The predicted octanol–water partition coefficient (Wildman–Crippen LogP) is 3.21. The maximum Gasteiger partial charge on any atom is 0.126 e. The maximum atomic E-state index is 12.8. The zero-order valence-corrected chi connectivity index (χ0v) is 8.74. The van der Waals surface area contributed by atoms with Crippen molar-refractivity contribution in [3.8, 4) is 22.6 Å². The van der Waals surface area contributed by atoms with Crippen LogP contribution in [0.4, 0.5) is 4.39 Å². The summed E-state index contributed by atoms with van der Waals surface area (Å²) in [7, 11) is 0. The molecular formula is C13H11FO2. The highest BCUT2D eigenvalue weighted by atomic mass is 19.1. The molecule has 2 N–H and O–H groups in total. The Balaban J connectivity index is 2.58. The Morgan fingerprint density at radius 1 is 1.00 bits per heavy atom. The van der Waals surface area contributed by atoms with E-state index in [1.165, 1.54) is 18.2 Å². The molecule has 0 radical (unpaired) electrons. The van der Waals surface area contributed by atoms with Gasteiger partial charge in [0.05, 0.1) is 0 Å². The molecule has 0 aromatic heterocycles. The highest BCUT2D eigenvalue weighted by Gasteiger charge is 2.06. The Bertz CT molecular complexity index is 515. The molecule has 0 aliphatic carbocycles. The quantitative estimate of drug-likeness (QED) is 0.771. The minimum atomic E-state index is -0.488. The van der Waals surface area contributed by atoms with Gasteiger partial charge >= 0.3 is 0 Å². The largest absolute Gasteiger partial charge is 0.508 e. The van der Waals surface area contributed by atoms with Gasteiger partial charge in [0.1, 0.15) is 17.3 Å². The normalized spacial score (nSPS) is 10.4. The van der Waals surface area contributed by atoms with Gasteiger partial charge in [0, 0.05) is 11.6 Å². The fraction of sp³-hybridized carbons (Fsp3) is 0.0769. The molecule has 3 heteroatoms. The number of hydrogen-bond donors (Lipinski definition) is 2. The summed E-state index contributed by atoms with van der Waals surface area (Å²) in [4.78, 5) is 0. The molecule has 0 amide bonds. The zero-order valence-electron chi connectivity index (χ0n) is 8.74. The molecule has 2 aromatic rings. The van der Waals surface area contributed by atoms with Crippen molar-refractivity contribution in [2.45, 2.75) is 6.92 Å². The molecule has 82 valence electrons. The Hall–Kier alpha value is -2.03. The third-order valence-corrected chi connectivity index (χ3v) is 2.33. The van der Waals surface area contributed by atoms with Crippen LogP contribution in [0, 0.1) is 12.7 Å². The summed E-state index contributed by atoms with van der Waals surface area (Å²) < 4.78 is 12.8. The van der Waals surface area contributed by atoms with Crippen molar-refractivity contribution in [3.05, 3.63) is 47.8 Å². The van der Waals surface area contributed by atoms with Crippen molar-refractivity contribution in [1.82, 2.24) is 0 Å². The van der Waals surface area contributed by atoms with Crippen molar-refractivity contribution in [1.29, 1.82) is 0 Å². The van der Waals surface area contributed by atoms with E-state index >= 15 is 0 Å². The van der Waals surface area contributed by atoms with E-state index in [-0.39, 0.29) is 11.5 Å². The van der Waals surface area contributed by atoms with E-state index in [1.807, 2.05) is 13.0 Å². The summed E-state index contributed by atoms with van der Waals surface area (Å²) in [6, 6.07) is 8.76. The Morgan fingerprint density at radius 2 is 1.75 bits per heavy atom. The number of phenols is 2. The van der Waals surface area contributed by atoms with Crippen molar-refractivity contribution < 1.29 is 14.6 Å². The minimum absolute atomic E-state index is 0.124. The van der Waals surface area contributed by atoms with Gasteiger partial charge in [-0.05, 0) is 42.3 Å². The first-order valence-corrected chi connectivity index (χ1v) is 4.86. The van der Waals surface area contributed by atoms with Gasteiger partial charge in [-0.15, -0.1) is 0 Å². The molecule has 0 aliphatic rings. The smallest absolute Gasteiger partial charge is 0.126 e. The molecule has 0 spiro atoms. The van der Waals surface area contributed by atoms with Gasteiger partial charge in [-0.1, -0.05) is 6.07 Å². The van der Waals surface area contributed by atoms with Gasteiger partial charge in [-0.25, -0.2) is 4.39 Å². The minimum Gasteiger partial charge on any atom is -0.508 e. The number of aryl methyl sites for hydroxylation is 1. The molecule has 0 saturated heterocycles. The highest BCUT2D eigenvalue weighted by molar-refractivity contribution is 5.71. The van der Waals surface area contributed by atoms with Gasteiger partial charge < -0.3 is 10.2 Å². The fourth-order valence-corrected chi connectivity index (χ4v) is 1.67. The van der Waals surface area contributed by atoms with E-state index in [0.29, 0.717) is 11.1 Å². The number of benzene rings is 2. The van der Waals surface area contributed by atoms with Crippen molar-refractivity contribution in [2.24, 2.45) is 0 Å². The van der Waals surface area contributed by atoms with Crippen LogP contribution < -0.4 is 0 Å². The van der Waals surface area contributed by atoms with Crippen molar-refractivity contribution >= 4 is 0 Å². The number of rotatable bonds is 1. The molecule has 0 heterocycles. The van der Waals surface area contributed by atoms with Crippen LogP contribution in [-0.4, -0.2) is 10.2 Å². The lowest BCUT2D eigenvalue weighted by Gasteiger charge is -2.06. The second-order valence-electron chi connectivity index (χ2n) is 3.72. The van der Waals surface area contributed by atoms with E-state index < -0.39 is 5.82 Å². The summed E-state index contributed by atoms with van der Waals surface area (Å²) in [6.07, 6.45) is 0. The molecule has 16 heavy (non-hydrogen) atoms. The molecule has 2 nitrogen and oxygen atoms in total. The van der Waals surface area contributed by atoms with Gasteiger partial charge in [0.2, 0.25) is 0 Å². The van der Waals surface area contributed by atoms with Gasteiger partial charge in [0.25, 0.3) is 0 Å². The average Bonchev–Trinajstić information content (AvgIpc) is 2.15. The van der Waals surface area contributed by atoms with Gasteiger partial charge in [-0.2, -0.15) is 0 Å². The first-order valence-electron chi connectivity index (χ1n) is 4.86. The third kappa shape index (κ3) is 1.98. The second-order valence-corrected chi connectivity index (χ2v) is 3.72. The Labute approximate surface area is 92.6 Å². The Morgan fingerprint density at radius 3 is 2.38 bits per heavy atom. The van der Waals surface area contributed by atoms with Crippen molar-refractivity contribution in [3.63, 3.8) is 0 Å². The van der Waals surface area contributed by atoms with E-state index in [4.69, 9.17) is 0 Å². The van der Waals surface area contributed by atoms with Crippen LogP contribution in [0.5, 0.6) is 11.5 Å². The molecule has 0 saturated carbocycles. The SMILES string of the molecule is Cc1cc(O)cc(-c2ccc(F)cc2O)c1. The molecular weight excluding hydrogens is 207 g/mol. The predicted molar refractivity (Wildman–Crippen MR) is 59.9 cm³/mol. The third-order valence-electron chi connectivity index (χ3n) is 2.33. The molecule has 2 aromatic carbocycles. The number of halogens is 1. The molecule has 0 fully saturated rings. The summed E-state index contributed by atoms with van der Waals surface area (Å²) in [5.74, 6) is -0.498. The van der Waals surface area contributed by atoms with Crippen LogP contribution in [0.25, 0.3) is 11.1 Å². The first-order chi connectivity index (χ1) is 7.56. The molecule has 0 bridgehead atoms. The molecule has 2 rings (SSSR count). The van der Waals surface area contributed by atoms with E-state index in [2.05, 4.69) is 0 Å². The maximum absolute atomic E-state index is 12.8. The monoisotopic (exact) mass is 218 g/mol. The average molecular weight is 218 g/mol. The molecule has 0 atom stereocenters. The fourth-order valence-electron chi connectivity index (χ4n) is 1.67. The summed E-state index contributed by atoms with van der Waals surface area (Å²) >= 11 is 0. The topological polar surface area (TPSA) is 40.5 Å². The number of hydrogen-bond acceptors (Lipinski definition) is 2. The van der Waals surface area contributed by atoms with E-state index in [0.717, 1.165) is 11.6 Å². The number of phenolic OH excluding ortho intramolecular Hbond substituents is 2. The van der Waals surface area contributed by atoms with Crippen LogP contribution in [0.15, 0.2) is 36.4 Å². The Kier molecular flexibility index (Phi) is 2.52. The van der Waals surface area contributed by atoms with Crippen molar-refractivity contribution in [2.75, 3.05) is 0 Å². The summed E-state index contributed by atoms with van der Waals surface area (Å²) in [5, 5.41) is 19.0. The van der Waals surface area contributed by atoms with Crippen LogP contribution in [0.3, 0.4) is 0 Å². The van der Waals surface area contributed by atoms with Crippen LogP contribution >= 0.6 is 0 Å². The standard InChI is InChI=1S/C13H11FO2/c1-8-4-9(6-11(15)5-8)12-3-2-10(14)7-13(12)16/h2-7,15-16H,1H3. The highest BCUT2D eigenvalue weighted by Crippen LogP contribution is 2.32. The zero-order chi connectivity index (χ0) is 11.7. The lowest BCUT2D eigenvalue weighted by Crippen LogP contribution is -1.83. The van der Waals surface area contributed by atoms with Crippen LogP contribution in [-0.2, 0) is 0 Å². The van der Waals surface area contributed by atoms with Gasteiger partial charge in [0.15, 0.2) is 0 Å². The van der Waals surface area contributed by atoms with Crippen LogP contribution in [0.1, 0.15) is 5.56 Å². The van der Waals surface area contributed by atoms with Crippen LogP contribution in [0.2, 0.25) is 0 Å². The molecule has 0 aliphatic heterocycles. The summed E-state index contributed by atoms with van der Waals surface area (Å²) in [5.41, 5.74) is 2.04. The molecule has 0 unspecified atom stereocenters. The van der Waals surface area contributed by atoms with E-state index in [1.54, 1.807) is 6.07 Å². The summed E-state index contributed by atoms with van der Waals surface area (Å²) in [6.45, 7) is 1.84. The lowest BCUT2D eigenvalue weighted by molar-refractivity contribution is 0.470.